The van der Waals surface area contributed by atoms with Gasteiger partial charge in [-0.05, 0) is 0 Å². The summed E-state index contributed by atoms with van der Waals surface area (Å²) in [5, 5.41) is 8.47. The molecule has 0 unspecified atom stereocenters. The molecule has 7 rings (SSSR count). The second-order valence-corrected chi connectivity index (χ2v) is 30.2. The van der Waals surface area contributed by atoms with Crippen LogP contribution in [0.4, 0.5) is 0 Å². The Morgan fingerprint density at radius 2 is 0.540 bits per heavy atom. The number of rotatable bonds is 7. The van der Waals surface area contributed by atoms with Crippen LogP contribution in [0.25, 0.3) is 21.4 Å². The Labute approximate surface area is 313 Å². The zero-order chi connectivity index (χ0) is 35.3. The molecule has 0 aliphatic rings. The summed E-state index contributed by atoms with van der Waals surface area (Å²) in [6, 6.07) is 77.4. The van der Waals surface area contributed by atoms with E-state index >= 15 is 0 Å². The van der Waals surface area contributed by atoms with Gasteiger partial charge in [0.2, 0.25) is 0 Å². The first-order chi connectivity index (χ1) is 24.7. The molecular formula is C43H35N4PbSSb-. The molecule has 0 heterocycles. The van der Waals surface area contributed by atoms with E-state index in [0.29, 0.717) is 0 Å². The number of isothiocyanates is 1. The SMILES string of the molecule is [N-]=C=S.[N-]=[N+]=[N-].c1cc[c]([Pb]([c]2ccccc2)[c]2ccccc2)cc1.c1cc[c]([Sb+]([c]2ccccc2)([c]2ccccc2)[c]2ccccc2)cc1. The molecule has 0 atom stereocenters. The second-order valence-electron chi connectivity index (χ2n) is 10.7. The van der Waals surface area contributed by atoms with Crippen LogP contribution in [0.15, 0.2) is 212 Å². The van der Waals surface area contributed by atoms with E-state index in [0.717, 1.165) is 0 Å². The average Bonchev–Trinajstić information content (AvgIpc) is 3.19. The molecular weight excluding hydrogens is 934 g/mol. The Morgan fingerprint density at radius 1 is 0.380 bits per heavy atom. The van der Waals surface area contributed by atoms with Crippen molar-refractivity contribution in [3.63, 3.8) is 0 Å². The molecule has 0 bridgehead atoms. The summed E-state index contributed by atoms with van der Waals surface area (Å²) in [7, 11) is 0. The van der Waals surface area contributed by atoms with Crippen LogP contribution >= 0.6 is 12.2 Å². The standard InChI is InChI=1S/7C6H5.CNS.N3.Pb.Sb/c7*1-2-4-6-5-3-1;2-1-3;1-3-2;;/h7*1-5H;;;;/q;;;;;;;2*-1;;+1. The fraction of sp³-hybridized carbons (Fsp3) is 0. The molecule has 50 heavy (non-hydrogen) atoms. The molecule has 4 nitrogen and oxygen atoms in total. The summed E-state index contributed by atoms with van der Waals surface area (Å²) >= 11 is -1.64. The van der Waals surface area contributed by atoms with Crippen molar-refractivity contribution in [3.05, 3.63) is 234 Å². The Balaban J connectivity index is 0.000000200. The van der Waals surface area contributed by atoms with Crippen LogP contribution in [0.2, 0.25) is 0 Å². The zero-order valence-electron chi connectivity index (χ0n) is 27.4. The summed E-state index contributed by atoms with van der Waals surface area (Å²) < 4.78 is 10.5. The molecule has 7 aromatic rings. The predicted octanol–water partition coefficient (Wildman–Crippen LogP) is 6.79. The molecule has 0 spiro atoms. The maximum atomic E-state index is 7.13. The van der Waals surface area contributed by atoms with Gasteiger partial charge in [-0.15, -0.1) is 0 Å². The van der Waals surface area contributed by atoms with Gasteiger partial charge < -0.3 is 16.5 Å². The molecule has 0 N–H and O–H groups in total. The molecule has 0 saturated heterocycles. The molecule has 0 amide bonds. The molecule has 1 radical (unpaired) electrons. The van der Waals surface area contributed by atoms with Crippen molar-refractivity contribution in [2.45, 2.75) is 0 Å². The van der Waals surface area contributed by atoms with Crippen LogP contribution in [-0.4, -0.2) is 46.7 Å². The molecule has 0 aromatic heterocycles. The van der Waals surface area contributed by atoms with Crippen molar-refractivity contribution >= 4 is 82.3 Å². The van der Waals surface area contributed by atoms with Crippen LogP contribution in [0.3, 0.4) is 0 Å². The van der Waals surface area contributed by atoms with Crippen LogP contribution in [-0.2, 0) is 0 Å². The van der Waals surface area contributed by atoms with Gasteiger partial charge in [0.25, 0.3) is 0 Å². The van der Waals surface area contributed by atoms with Gasteiger partial charge in [-0.1, -0.05) is 12.2 Å². The summed E-state index contributed by atoms with van der Waals surface area (Å²) in [6.07, 6.45) is 0. The number of benzene rings is 7. The van der Waals surface area contributed by atoms with E-state index in [4.69, 9.17) is 16.5 Å². The van der Waals surface area contributed by atoms with E-state index in [9.17, 15) is 0 Å². The molecule has 7 aromatic carbocycles. The van der Waals surface area contributed by atoms with E-state index in [-0.39, 0.29) is 0 Å². The third-order valence-electron chi connectivity index (χ3n) is 7.76. The third kappa shape index (κ3) is 10.2. The van der Waals surface area contributed by atoms with Crippen molar-refractivity contribution < 1.29 is 0 Å². The van der Waals surface area contributed by atoms with Gasteiger partial charge in [-0.25, -0.2) is 0 Å². The number of hydrogen-bond donors (Lipinski definition) is 0. The van der Waals surface area contributed by atoms with Gasteiger partial charge in [0.05, 0.1) is 0 Å². The first-order valence-electron chi connectivity index (χ1n) is 15.8. The molecule has 0 saturated carbocycles. The summed E-state index contributed by atoms with van der Waals surface area (Å²) in [5.41, 5.74) is 13.5. The van der Waals surface area contributed by atoms with Gasteiger partial charge in [-0.3, -0.25) is 4.91 Å². The Hall–Kier alpha value is -4.61. The summed E-state index contributed by atoms with van der Waals surface area (Å²) in [5.74, 6) is 0. The molecule has 7 heteroatoms. The zero-order valence-corrected chi connectivity index (χ0v) is 34.6. The number of hydrogen-bond acceptors (Lipinski definition) is 1. The summed E-state index contributed by atoms with van der Waals surface area (Å²) in [4.78, 5) is 1.50. The number of nitrogens with zero attached hydrogens (tertiary/aromatic N) is 4. The van der Waals surface area contributed by atoms with Gasteiger partial charge in [0.1, 0.15) is 0 Å². The van der Waals surface area contributed by atoms with Crippen molar-refractivity contribution in [1.82, 2.24) is 0 Å². The minimum atomic E-state index is -3.17. The van der Waals surface area contributed by atoms with Crippen LogP contribution in [0.1, 0.15) is 0 Å². The van der Waals surface area contributed by atoms with Crippen molar-refractivity contribution in [3.8, 4) is 0 Å². The minimum absolute atomic E-state index is 1.33. The maximum absolute atomic E-state index is 7.13. The summed E-state index contributed by atoms with van der Waals surface area (Å²) in [6.45, 7) is 0. The van der Waals surface area contributed by atoms with Crippen LogP contribution in [0.5, 0.6) is 0 Å². The van der Waals surface area contributed by atoms with E-state index < -0.39 is 41.5 Å². The van der Waals surface area contributed by atoms with Gasteiger partial charge >= 0.3 is 277 Å². The first kappa shape index (κ1) is 38.2. The van der Waals surface area contributed by atoms with E-state index in [1.54, 1.807) is 9.37 Å². The third-order valence-corrected chi connectivity index (χ3v) is 30.6. The first-order valence-corrected chi connectivity index (χ1v) is 27.2. The quantitative estimate of drug-likeness (QED) is 0.0433. The Morgan fingerprint density at radius 3 is 0.720 bits per heavy atom. The number of thiocarbonyl (C=S) groups is 1. The monoisotopic (exact) mass is 968 g/mol. The van der Waals surface area contributed by atoms with Gasteiger partial charge in [0, 0.05) is 0 Å². The topological polar surface area (TPSA) is 81.0 Å². The molecule has 0 aliphatic heterocycles. The fourth-order valence-corrected chi connectivity index (χ4v) is 28.0. The van der Waals surface area contributed by atoms with E-state index in [1.807, 2.05) is 0 Å². The second kappa shape index (κ2) is 21.5. The van der Waals surface area contributed by atoms with Crippen molar-refractivity contribution in [1.29, 1.82) is 0 Å². The Bertz CT molecular complexity index is 1760. The van der Waals surface area contributed by atoms with E-state index in [2.05, 4.69) is 225 Å². The van der Waals surface area contributed by atoms with Gasteiger partial charge in [0.15, 0.2) is 0 Å². The predicted molar refractivity (Wildman–Crippen MR) is 220 cm³/mol. The normalized spacial score (nSPS) is 9.94. The molecule has 0 aliphatic carbocycles. The van der Waals surface area contributed by atoms with Crippen LogP contribution < -0.4 is 23.4 Å². The Kier molecular flexibility index (Phi) is 16.4. The molecule has 0 fully saturated rings. The van der Waals surface area contributed by atoms with Gasteiger partial charge in [-0.2, -0.15) is 5.16 Å². The van der Waals surface area contributed by atoms with E-state index in [1.165, 1.54) is 24.1 Å². The molecule has 243 valence electrons. The average molecular weight is 969 g/mol. The van der Waals surface area contributed by atoms with Crippen molar-refractivity contribution in [2.75, 3.05) is 0 Å². The van der Waals surface area contributed by atoms with Crippen molar-refractivity contribution in [2.24, 2.45) is 0 Å². The fourth-order valence-electron chi connectivity index (χ4n) is 5.82. The van der Waals surface area contributed by atoms with Crippen LogP contribution in [0, 0.1) is 0 Å².